The van der Waals surface area contributed by atoms with Gasteiger partial charge in [-0.05, 0) is 17.7 Å². The molecule has 4 nitrogen and oxygen atoms in total. The zero-order valence-corrected chi connectivity index (χ0v) is 14.0. The molecular weight excluding hydrogens is 312 g/mol. The van der Waals surface area contributed by atoms with Gasteiger partial charge in [0.05, 0.1) is 17.5 Å². The Morgan fingerprint density at radius 2 is 2.10 bits per heavy atom. The summed E-state index contributed by atoms with van der Waals surface area (Å²) in [6.07, 6.45) is 3.48. The minimum Gasteiger partial charge on any atom is -0.497 e. The summed E-state index contributed by atoms with van der Waals surface area (Å²) in [7, 11) is 2.41. The van der Waals surface area contributed by atoms with Crippen LogP contribution in [0.5, 0.6) is 5.75 Å². The highest BCUT2D eigenvalue weighted by atomic mass is 32.2. The lowest BCUT2D eigenvalue weighted by Gasteiger charge is -2.09. The van der Waals surface area contributed by atoms with Crippen LogP contribution in [-0.2, 0) is 16.7 Å². The van der Waals surface area contributed by atoms with Crippen LogP contribution in [-0.4, -0.2) is 29.6 Å². The summed E-state index contributed by atoms with van der Waals surface area (Å²) < 4.78 is 19.3. The Kier molecular flexibility index (Phi) is 5.45. The van der Waals surface area contributed by atoms with Crippen molar-refractivity contribution in [2.45, 2.75) is 9.96 Å². The van der Waals surface area contributed by atoms with Gasteiger partial charge in [0.25, 0.3) is 0 Å². The van der Waals surface area contributed by atoms with Crippen molar-refractivity contribution in [2.24, 2.45) is 0 Å². The van der Waals surface area contributed by atoms with Crippen LogP contribution in [0.15, 0.2) is 34.7 Å². The van der Waals surface area contributed by atoms with E-state index in [1.807, 2.05) is 18.3 Å². The maximum atomic E-state index is 11.4. The molecule has 0 N–H and O–H groups in total. The Balaban J connectivity index is 1.95. The summed E-state index contributed by atoms with van der Waals surface area (Å²) in [6, 6.07) is 8.03. The van der Waals surface area contributed by atoms with Gasteiger partial charge in [-0.25, -0.2) is 9.19 Å². The van der Waals surface area contributed by atoms with Crippen molar-refractivity contribution in [3.8, 4) is 5.75 Å². The zero-order valence-electron chi connectivity index (χ0n) is 11.5. The molecule has 0 spiro atoms. The molecule has 1 aromatic carbocycles. The number of ether oxygens (including phenoxy) is 1. The molecule has 0 saturated carbocycles. The normalized spacial score (nSPS) is 12.2. The van der Waals surface area contributed by atoms with Gasteiger partial charge in [0.2, 0.25) is 0 Å². The first-order chi connectivity index (χ1) is 9.60. The quantitative estimate of drug-likeness (QED) is 0.764. The van der Waals surface area contributed by atoms with E-state index >= 15 is 0 Å². The first-order valence-electron chi connectivity index (χ1n) is 5.89. The number of thiazole rings is 1. The van der Waals surface area contributed by atoms with Crippen LogP contribution >= 0.6 is 23.1 Å². The fourth-order valence-corrected chi connectivity index (χ4v) is 3.93. The molecule has 2 rings (SSSR count). The van der Waals surface area contributed by atoms with Gasteiger partial charge in [-0.1, -0.05) is 23.5 Å². The van der Waals surface area contributed by atoms with E-state index in [-0.39, 0.29) is 0 Å². The minimum absolute atomic E-state index is 0.781. The van der Waals surface area contributed by atoms with E-state index in [0.717, 1.165) is 20.8 Å². The van der Waals surface area contributed by atoms with Gasteiger partial charge in [0.15, 0.2) is 5.13 Å². The lowest BCUT2D eigenvalue weighted by atomic mass is 10.2. The van der Waals surface area contributed by atoms with E-state index < -0.39 is 11.0 Å². The van der Waals surface area contributed by atoms with Gasteiger partial charge in [0, 0.05) is 19.1 Å². The number of nitrogens with zero attached hydrogens (tertiary/aromatic N) is 2. The van der Waals surface area contributed by atoms with Crippen molar-refractivity contribution < 1.29 is 8.95 Å². The first kappa shape index (κ1) is 15.3. The van der Waals surface area contributed by atoms with E-state index in [2.05, 4.69) is 17.1 Å². The molecular formula is C13H16N2O2S3. The largest absolute Gasteiger partial charge is 0.497 e. The molecule has 108 valence electrons. The Morgan fingerprint density at radius 3 is 2.70 bits per heavy atom. The summed E-state index contributed by atoms with van der Waals surface area (Å²) in [5, 5.41) is 0.781. The van der Waals surface area contributed by atoms with Crippen molar-refractivity contribution in [2.75, 3.05) is 24.7 Å². The average molecular weight is 328 g/mol. The molecule has 0 saturated heterocycles. The number of anilines is 1. The topological polar surface area (TPSA) is 42.4 Å². The van der Waals surface area contributed by atoms with Gasteiger partial charge < -0.3 is 4.74 Å². The van der Waals surface area contributed by atoms with Gasteiger partial charge in [-0.2, -0.15) is 0 Å². The SMILES string of the molecule is COc1ccc(CSc2cnc(N(C)S(C)=O)s2)cc1. The molecule has 2 aromatic rings. The molecule has 0 aliphatic rings. The van der Waals surface area contributed by atoms with Gasteiger partial charge >= 0.3 is 0 Å². The molecule has 7 heteroatoms. The van der Waals surface area contributed by atoms with Crippen molar-refractivity contribution >= 4 is 39.2 Å². The first-order valence-corrected chi connectivity index (χ1v) is 9.20. The summed E-state index contributed by atoms with van der Waals surface area (Å²) in [5.41, 5.74) is 1.23. The van der Waals surface area contributed by atoms with Gasteiger partial charge in [-0.3, -0.25) is 4.31 Å². The van der Waals surface area contributed by atoms with E-state index in [1.165, 1.54) is 5.56 Å². The van der Waals surface area contributed by atoms with Crippen molar-refractivity contribution in [1.29, 1.82) is 0 Å². The molecule has 1 aromatic heterocycles. The zero-order chi connectivity index (χ0) is 14.5. The van der Waals surface area contributed by atoms with Gasteiger partial charge in [0.1, 0.15) is 16.7 Å². The van der Waals surface area contributed by atoms with Crippen molar-refractivity contribution in [1.82, 2.24) is 4.98 Å². The number of benzene rings is 1. The minimum atomic E-state index is -1.03. The highest BCUT2D eigenvalue weighted by molar-refractivity contribution is 8.00. The number of hydrogen-bond donors (Lipinski definition) is 0. The number of thioether (sulfide) groups is 1. The van der Waals surface area contributed by atoms with Crippen LogP contribution in [0.2, 0.25) is 0 Å². The molecule has 1 unspecified atom stereocenters. The molecule has 1 atom stereocenters. The lowest BCUT2D eigenvalue weighted by Crippen LogP contribution is -2.18. The molecule has 0 aliphatic heterocycles. The summed E-state index contributed by atoms with van der Waals surface area (Å²) in [6.45, 7) is 0. The standard InChI is InChI=1S/C13H16N2O2S3/c1-15(20(3)16)13-14-8-12(19-13)18-9-10-4-6-11(17-2)7-5-10/h4-8H,9H2,1-3H3. The van der Waals surface area contributed by atoms with E-state index in [4.69, 9.17) is 4.74 Å². The third-order valence-electron chi connectivity index (χ3n) is 2.67. The number of methoxy groups -OCH3 is 1. The summed E-state index contributed by atoms with van der Waals surface area (Å²) in [4.78, 5) is 4.29. The second-order valence-electron chi connectivity index (χ2n) is 4.02. The molecule has 0 fully saturated rings. The maximum Gasteiger partial charge on any atom is 0.198 e. The lowest BCUT2D eigenvalue weighted by molar-refractivity contribution is 0.414. The molecule has 1 heterocycles. The molecule has 0 amide bonds. The van der Waals surface area contributed by atoms with Crippen LogP contribution in [0.25, 0.3) is 0 Å². The smallest absolute Gasteiger partial charge is 0.198 e. The Hall–Kier alpha value is -1.05. The Labute approximate surface area is 129 Å². The third kappa shape index (κ3) is 3.97. The average Bonchev–Trinajstić information content (AvgIpc) is 2.93. The van der Waals surface area contributed by atoms with Crippen LogP contribution in [0, 0.1) is 0 Å². The maximum absolute atomic E-state index is 11.4. The fraction of sp³-hybridized carbons (Fsp3) is 0.308. The fourth-order valence-electron chi connectivity index (χ4n) is 1.45. The number of hydrogen-bond acceptors (Lipinski definition) is 5. The van der Waals surface area contributed by atoms with Crippen molar-refractivity contribution in [3.63, 3.8) is 0 Å². The monoisotopic (exact) mass is 328 g/mol. The second kappa shape index (κ2) is 7.10. The van der Waals surface area contributed by atoms with Crippen LogP contribution in [0.4, 0.5) is 5.13 Å². The highest BCUT2D eigenvalue weighted by Crippen LogP contribution is 2.32. The molecule has 0 radical (unpaired) electrons. The van der Waals surface area contributed by atoms with Crippen LogP contribution in [0.1, 0.15) is 5.56 Å². The molecule has 0 aliphatic carbocycles. The van der Waals surface area contributed by atoms with E-state index in [0.29, 0.717) is 0 Å². The van der Waals surface area contributed by atoms with Gasteiger partial charge in [-0.15, -0.1) is 11.8 Å². The van der Waals surface area contributed by atoms with E-state index in [1.54, 1.807) is 47.8 Å². The van der Waals surface area contributed by atoms with Crippen molar-refractivity contribution in [3.05, 3.63) is 36.0 Å². The highest BCUT2D eigenvalue weighted by Gasteiger charge is 2.10. The van der Waals surface area contributed by atoms with Crippen LogP contribution < -0.4 is 9.04 Å². The number of rotatable bonds is 6. The summed E-state index contributed by atoms with van der Waals surface area (Å²) >= 11 is 3.28. The third-order valence-corrected chi connectivity index (χ3v) is 6.07. The second-order valence-corrected chi connectivity index (χ2v) is 7.70. The molecule has 0 bridgehead atoms. The summed E-state index contributed by atoms with van der Waals surface area (Å²) in [5.74, 6) is 1.75. The van der Waals surface area contributed by atoms with Crippen LogP contribution in [0.3, 0.4) is 0 Å². The molecule has 20 heavy (non-hydrogen) atoms. The predicted octanol–water partition coefficient (Wildman–Crippen LogP) is 3.17. The predicted molar refractivity (Wildman–Crippen MR) is 87.1 cm³/mol. The van der Waals surface area contributed by atoms with E-state index in [9.17, 15) is 4.21 Å². The number of aromatic nitrogens is 1. The Bertz CT molecular complexity index is 584. The Morgan fingerprint density at radius 1 is 1.40 bits per heavy atom.